The van der Waals surface area contributed by atoms with E-state index in [0.717, 1.165) is 26.2 Å². The predicted octanol–water partition coefficient (Wildman–Crippen LogP) is 3.17. The van der Waals surface area contributed by atoms with Crippen LogP contribution in [0.5, 0.6) is 0 Å². The Morgan fingerprint density at radius 2 is 2.26 bits per heavy atom. The summed E-state index contributed by atoms with van der Waals surface area (Å²) in [6.07, 6.45) is 0. The Hall–Kier alpha value is -1.70. The number of aromatic nitrogens is 2. The Kier molecular flexibility index (Phi) is 3.09. The first-order chi connectivity index (χ1) is 9.17. The summed E-state index contributed by atoms with van der Waals surface area (Å²) >= 11 is 4.97. The maximum Gasteiger partial charge on any atom is 0.274 e. The van der Waals surface area contributed by atoms with E-state index in [1.165, 1.54) is 0 Å². The number of carbonyl (C=O) groups is 1. The first kappa shape index (κ1) is 12.3. The number of thiophene rings is 1. The number of rotatable bonds is 2. The summed E-state index contributed by atoms with van der Waals surface area (Å²) < 4.78 is 1.01. The number of fused-ring (bicyclic) bond motifs is 1. The van der Waals surface area contributed by atoms with E-state index in [9.17, 15) is 4.79 Å². The number of nitrogens with zero attached hydrogens (tertiary/aromatic N) is 1. The molecule has 96 valence electrons. The molecule has 3 aromatic rings. The van der Waals surface area contributed by atoms with E-state index < -0.39 is 5.91 Å². The SMILES string of the molecule is O=C(NO)c1ccc2nc(-c3cc(Br)cs3)[nH]c2c1. The first-order valence-corrected chi connectivity index (χ1v) is 7.03. The van der Waals surface area contributed by atoms with Gasteiger partial charge in [-0.05, 0) is 40.2 Å². The van der Waals surface area contributed by atoms with Gasteiger partial charge in [-0.3, -0.25) is 10.0 Å². The summed E-state index contributed by atoms with van der Waals surface area (Å²) in [4.78, 5) is 20.0. The van der Waals surface area contributed by atoms with Crippen molar-refractivity contribution < 1.29 is 10.0 Å². The summed E-state index contributed by atoms with van der Waals surface area (Å²) in [5.41, 5.74) is 3.51. The van der Waals surface area contributed by atoms with E-state index in [-0.39, 0.29) is 0 Å². The van der Waals surface area contributed by atoms with Crippen molar-refractivity contribution in [3.8, 4) is 10.7 Å². The lowest BCUT2D eigenvalue weighted by Gasteiger charge is -1.97. The lowest BCUT2D eigenvalue weighted by Crippen LogP contribution is -2.18. The normalized spacial score (nSPS) is 10.8. The van der Waals surface area contributed by atoms with E-state index in [2.05, 4.69) is 25.9 Å². The van der Waals surface area contributed by atoms with Gasteiger partial charge < -0.3 is 4.98 Å². The maximum absolute atomic E-state index is 11.3. The molecular formula is C12H8BrN3O2S. The lowest BCUT2D eigenvalue weighted by atomic mass is 10.2. The van der Waals surface area contributed by atoms with Gasteiger partial charge in [0.25, 0.3) is 5.91 Å². The zero-order valence-electron chi connectivity index (χ0n) is 9.48. The highest BCUT2D eigenvalue weighted by molar-refractivity contribution is 9.10. The highest BCUT2D eigenvalue weighted by atomic mass is 79.9. The van der Waals surface area contributed by atoms with Crippen LogP contribution in [0.25, 0.3) is 21.7 Å². The number of hydroxylamine groups is 1. The van der Waals surface area contributed by atoms with Gasteiger partial charge in [-0.15, -0.1) is 11.3 Å². The minimum Gasteiger partial charge on any atom is -0.337 e. The van der Waals surface area contributed by atoms with Gasteiger partial charge >= 0.3 is 0 Å². The van der Waals surface area contributed by atoms with Crippen LogP contribution in [0.3, 0.4) is 0 Å². The molecule has 0 atom stereocenters. The molecule has 0 unspecified atom stereocenters. The fraction of sp³-hybridized carbons (Fsp3) is 0. The average Bonchev–Trinajstić information content (AvgIpc) is 3.02. The fourth-order valence-corrected chi connectivity index (χ4v) is 3.14. The smallest absolute Gasteiger partial charge is 0.274 e. The van der Waals surface area contributed by atoms with Crippen LogP contribution in [0, 0.1) is 0 Å². The quantitative estimate of drug-likeness (QED) is 0.496. The van der Waals surface area contributed by atoms with Crippen molar-refractivity contribution in [1.82, 2.24) is 15.4 Å². The van der Waals surface area contributed by atoms with E-state index in [1.54, 1.807) is 35.0 Å². The minimum atomic E-state index is -0.545. The zero-order chi connectivity index (χ0) is 13.4. The predicted molar refractivity (Wildman–Crippen MR) is 76.4 cm³/mol. The fourth-order valence-electron chi connectivity index (χ4n) is 1.77. The van der Waals surface area contributed by atoms with E-state index in [1.807, 2.05) is 11.4 Å². The second-order valence-corrected chi connectivity index (χ2v) is 5.71. The van der Waals surface area contributed by atoms with Gasteiger partial charge in [0.2, 0.25) is 0 Å². The number of benzene rings is 1. The van der Waals surface area contributed by atoms with E-state index >= 15 is 0 Å². The van der Waals surface area contributed by atoms with E-state index in [0.29, 0.717) is 5.56 Å². The molecule has 0 radical (unpaired) electrons. The minimum absolute atomic E-state index is 0.373. The molecule has 5 nitrogen and oxygen atoms in total. The monoisotopic (exact) mass is 337 g/mol. The summed E-state index contributed by atoms with van der Waals surface area (Å²) in [6, 6.07) is 6.98. The average molecular weight is 338 g/mol. The third-order valence-electron chi connectivity index (χ3n) is 2.65. The molecule has 3 rings (SSSR count). The molecule has 0 saturated carbocycles. The van der Waals surface area contributed by atoms with Crippen molar-refractivity contribution in [2.75, 3.05) is 0 Å². The molecule has 0 spiro atoms. The molecule has 7 heteroatoms. The Balaban J connectivity index is 2.08. The highest BCUT2D eigenvalue weighted by Gasteiger charge is 2.10. The Bertz CT molecular complexity index is 765. The molecule has 0 bridgehead atoms. The van der Waals surface area contributed by atoms with Gasteiger partial charge in [0.1, 0.15) is 5.82 Å². The van der Waals surface area contributed by atoms with Gasteiger partial charge in [-0.1, -0.05) is 0 Å². The van der Waals surface area contributed by atoms with Gasteiger partial charge in [0.15, 0.2) is 0 Å². The molecular weight excluding hydrogens is 330 g/mol. The van der Waals surface area contributed by atoms with Gasteiger partial charge in [0.05, 0.1) is 15.9 Å². The number of carbonyl (C=O) groups excluding carboxylic acids is 1. The summed E-state index contributed by atoms with van der Waals surface area (Å²) in [5, 5.41) is 10.6. The number of imidazole rings is 1. The van der Waals surface area contributed by atoms with Crippen LogP contribution < -0.4 is 5.48 Å². The van der Waals surface area contributed by atoms with Gasteiger partial charge in [0, 0.05) is 15.4 Å². The first-order valence-electron chi connectivity index (χ1n) is 5.36. The number of halogens is 1. The Morgan fingerprint density at radius 3 is 2.95 bits per heavy atom. The Morgan fingerprint density at radius 1 is 1.42 bits per heavy atom. The molecule has 2 aromatic heterocycles. The number of aromatic amines is 1. The number of hydrogen-bond donors (Lipinski definition) is 3. The van der Waals surface area contributed by atoms with Crippen molar-refractivity contribution in [1.29, 1.82) is 0 Å². The third-order valence-corrected chi connectivity index (χ3v) is 4.34. The molecule has 19 heavy (non-hydrogen) atoms. The largest absolute Gasteiger partial charge is 0.337 e. The molecule has 0 saturated heterocycles. The summed E-state index contributed by atoms with van der Waals surface area (Å²) in [5.74, 6) is 0.212. The van der Waals surface area contributed by atoms with Crippen LogP contribution in [0.4, 0.5) is 0 Å². The van der Waals surface area contributed by atoms with Crippen LogP contribution in [0.2, 0.25) is 0 Å². The molecule has 1 amide bonds. The molecule has 1 aromatic carbocycles. The topological polar surface area (TPSA) is 78.0 Å². The standard InChI is InChI=1S/C12H8BrN3O2S/c13-7-4-10(19-5-7)11-14-8-2-1-6(12(17)16-18)3-9(8)15-11/h1-5,18H,(H,14,15)(H,16,17). The number of H-pyrrole nitrogens is 1. The van der Waals surface area contributed by atoms with Crippen LogP contribution in [0.1, 0.15) is 10.4 Å². The molecule has 2 heterocycles. The molecule has 3 N–H and O–H groups in total. The molecule has 0 aliphatic carbocycles. The second-order valence-electron chi connectivity index (χ2n) is 3.89. The van der Waals surface area contributed by atoms with Gasteiger partial charge in [-0.2, -0.15) is 0 Å². The lowest BCUT2D eigenvalue weighted by molar-refractivity contribution is 0.0706. The molecule has 0 fully saturated rings. The van der Waals surface area contributed by atoms with E-state index in [4.69, 9.17) is 5.21 Å². The zero-order valence-corrected chi connectivity index (χ0v) is 11.9. The second kappa shape index (κ2) is 4.76. The van der Waals surface area contributed by atoms with Crippen molar-refractivity contribution in [2.45, 2.75) is 0 Å². The van der Waals surface area contributed by atoms with Crippen LogP contribution in [-0.4, -0.2) is 21.1 Å². The summed E-state index contributed by atoms with van der Waals surface area (Å²) in [6.45, 7) is 0. The van der Waals surface area contributed by atoms with Crippen molar-refractivity contribution in [2.24, 2.45) is 0 Å². The molecule has 0 aliphatic heterocycles. The third kappa shape index (κ3) is 2.27. The van der Waals surface area contributed by atoms with Crippen LogP contribution in [-0.2, 0) is 0 Å². The number of nitrogens with one attached hydrogen (secondary N) is 2. The number of hydrogen-bond acceptors (Lipinski definition) is 4. The summed E-state index contributed by atoms with van der Waals surface area (Å²) in [7, 11) is 0. The maximum atomic E-state index is 11.3. The van der Waals surface area contributed by atoms with Crippen molar-refractivity contribution in [3.05, 3.63) is 39.7 Å². The Labute approximate surface area is 120 Å². The van der Waals surface area contributed by atoms with Crippen LogP contribution in [0.15, 0.2) is 34.1 Å². The molecule has 0 aliphatic rings. The van der Waals surface area contributed by atoms with Crippen molar-refractivity contribution in [3.63, 3.8) is 0 Å². The van der Waals surface area contributed by atoms with Gasteiger partial charge in [-0.25, -0.2) is 10.5 Å². The van der Waals surface area contributed by atoms with Crippen molar-refractivity contribution >= 4 is 44.2 Å². The number of amides is 1. The van der Waals surface area contributed by atoms with Crippen LogP contribution >= 0.6 is 27.3 Å². The highest BCUT2D eigenvalue weighted by Crippen LogP contribution is 2.29.